The zero-order valence-electron chi connectivity index (χ0n) is 10.8. The molecule has 1 aromatic rings. The van der Waals surface area contributed by atoms with Gasteiger partial charge >= 0.3 is 0 Å². The van der Waals surface area contributed by atoms with Crippen molar-refractivity contribution in [3.8, 4) is 0 Å². The molecule has 1 aromatic heterocycles. The van der Waals surface area contributed by atoms with Gasteiger partial charge in [0, 0.05) is 18.2 Å². The van der Waals surface area contributed by atoms with Crippen LogP contribution >= 0.6 is 0 Å². The summed E-state index contributed by atoms with van der Waals surface area (Å²) >= 11 is 0. The third kappa shape index (κ3) is 2.09. The lowest BCUT2D eigenvalue weighted by molar-refractivity contribution is -0.123. The van der Waals surface area contributed by atoms with Crippen molar-refractivity contribution < 1.29 is 4.79 Å². The fourth-order valence-electron chi connectivity index (χ4n) is 2.94. The predicted molar refractivity (Wildman–Crippen MR) is 69.2 cm³/mol. The lowest BCUT2D eigenvalue weighted by atomic mass is 9.98. The van der Waals surface area contributed by atoms with Crippen molar-refractivity contribution in [3.63, 3.8) is 0 Å². The zero-order valence-corrected chi connectivity index (χ0v) is 10.8. The van der Waals surface area contributed by atoms with E-state index in [0.717, 1.165) is 18.5 Å². The van der Waals surface area contributed by atoms with Gasteiger partial charge in [-0.05, 0) is 31.7 Å². The molecule has 0 saturated heterocycles. The highest BCUT2D eigenvalue weighted by Gasteiger charge is 2.47. The summed E-state index contributed by atoms with van der Waals surface area (Å²) in [6.45, 7) is 0.495. The molecule has 1 heterocycles. The quantitative estimate of drug-likeness (QED) is 0.863. The average molecular weight is 247 g/mol. The number of hydrogen-bond donors (Lipinski definition) is 1. The molecule has 2 saturated carbocycles. The topological polar surface area (TPSA) is 60.9 Å². The summed E-state index contributed by atoms with van der Waals surface area (Å²) in [5, 5.41) is 4.56. The van der Waals surface area contributed by atoms with Crippen LogP contribution in [0.4, 0.5) is 0 Å². The minimum Gasteiger partial charge on any atom is -0.329 e. The number of nitrogens with two attached hydrogens (primary N) is 1. The molecule has 0 aliphatic heterocycles. The Kier molecular flexibility index (Phi) is 2.98. The first-order valence-corrected chi connectivity index (χ1v) is 7.01. The number of hydrogen-bond acceptors (Lipinski definition) is 3. The van der Waals surface area contributed by atoms with E-state index in [1.54, 1.807) is 0 Å². The van der Waals surface area contributed by atoms with Crippen molar-refractivity contribution in [2.75, 3.05) is 6.54 Å². The van der Waals surface area contributed by atoms with Crippen LogP contribution in [0.5, 0.6) is 0 Å². The molecule has 4 nitrogen and oxygen atoms in total. The van der Waals surface area contributed by atoms with Crippen LogP contribution in [-0.4, -0.2) is 22.1 Å². The van der Waals surface area contributed by atoms with Gasteiger partial charge in [0.05, 0.1) is 18.2 Å². The summed E-state index contributed by atoms with van der Waals surface area (Å²) < 4.78 is 2.05. The van der Waals surface area contributed by atoms with E-state index in [-0.39, 0.29) is 11.2 Å². The van der Waals surface area contributed by atoms with Crippen molar-refractivity contribution in [2.45, 2.75) is 51.0 Å². The molecule has 0 amide bonds. The number of rotatable bonds is 5. The van der Waals surface area contributed by atoms with Crippen LogP contribution in [0.1, 0.15) is 50.3 Å². The molecule has 18 heavy (non-hydrogen) atoms. The Morgan fingerprint density at radius 3 is 2.78 bits per heavy atom. The highest BCUT2D eigenvalue weighted by molar-refractivity contribution is 5.89. The molecule has 2 N–H and O–H groups in total. The molecule has 2 fully saturated rings. The third-order valence-electron chi connectivity index (χ3n) is 4.54. The molecule has 0 bridgehead atoms. The number of Topliss-reactive ketones (excluding diaryl/α,β-unsaturated/α-hetero) is 1. The van der Waals surface area contributed by atoms with E-state index in [9.17, 15) is 4.79 Å². The number of ketones is 1. The third-order valence-corrected chi connectivity index (χ3v) is 4.54. The van der Waals surface area contributed by atoms with Gasteiger partial charge in [-0.3, -0.25) is 9.48 Å². The Hall–Kier alpha value is -1.16. The van der Waals surface area contributed by atoms with E-state index in [0.29, 0.717) is 19.0 Å². The van der Waals surface area contributed by atoms with Crippen molar-refractivity contribution in [3.05, 3.63) is 18.0 Å². The molecule has 0 unspecified atom stereocenters. The van der Waals surface area contributed by atoms with E-state index < -0.39 is 0 Å². The maximum absolute atomic E-state index is 12.1. The van der Waals surface area contributed by atoms with Gasteiger partial charge in [0.15, 0.2) is 0 Å². The summed E-state index contributed by atoms with van der Waals surface area (Å²) in [7, 11) is 0. The highest BCUT2D eigenvalue weighted by atomic mass is 16.1. The summed E-state index contributed by atoms with van der Waals surface area (Å²) in [6.07, 6.45) is 9.46. The smallest absolute Gasteiger partial charge is 0.146 e. The SMILES string of the molecule is NCC1(C(=O)Cc2ccn(C3CCCC3)n2)CC1. The lowest BCUT2D eigenvalue weighted by Crippen LogP contribution is -2.26. The molecular formula is C14H21N3O. The average Bonchev–Trinajstić information content (AvgIpc) is 2.79. The van der Waals surface area contributed by atoms with E-state index in [4.69, 9.17) is 5.73 Å². The highest BCUT2D eigenvalue weighted by Crippen LogP contribution is 2.46. The summed E-state index contributed by atoms with van der Waals surface area (Å²) in [5.41, 5.74) is 6.39. The Morgan fingerprint density at radius 2 is 2.17 bits per heavy atom. The molecule has 2 aliphatic rings. The number of carbonyl (C=O) groups excluding carboxylic acids is 1. The van der Waals surface area contributed by atoms with Gasteiger partial charge in [0.1, 0.15) is 5.78 Å². The first kappa shape index (κ1) is 11.9. The van der Waals surface area contributed by atoms with Crippen molar-refractivity contribution in [2.24, 2.45) is 11.1 Å². The van der Waals surface area contributed by atoms with Crippen LogP contribution in [0, 0.1) is 5.41 Å². The minimum absolute atomic E-state index is 0.197. The molecule has 0 atom stereocenters. The van der Waals surface area contributed by atoms with Gasteiger partial charge in [-0.1, -0.05) is 12.8 Å². The van der Waals surface area contributed by atoms with Gasteiger partial charge in [-0.15, -0.1) is 0 Å². The van der Waals surface area contributed by atoms with Crippen LogP contribution in [0.2, 0.25) is 0 Å². The first-order chi connectivity index (χ1) is 8.73. The van der Waals surface area contributed by atoms with Crippen LogP contribution in [0.25, 0.3) is 0 Å². The Bertz CT molecular complexity index is 442. The van der Waals surface area contributed by atoms with Gasteiger partial charge in [-0.25, -0.2) is 0 Å². The van der Waals surface area contributed by atoms with Gasteiger partial charge in [0.2, 0.25) is 0 Å². The fraction of sp³-hybridized carbons (Fsp3) is 0.714. The summed E-state index contributed by atoms with van der Waals surface area (Å²) in [4.78, 5) is 12.1. The predicted octanol–water partition coefficient (Wildman–Crippen LogP) is 1.85. The standard InChI is InChI=1S/C14H21N3O/c15-10-14(6-7-14)13(18)9-11-5-8-17(16-11)12-3-1-2-4-12/h5,8,12H,1-4,6-7,9-10,15H2. The Balaban J connectivity index is 1.65. The second-order valence-electron chi connectivity index (χ2n) is 5.81. The number of nitrogens with zero attached hydrogens (tertiary/aromatic N) is 2. The van der Waals surface area contributed by atoms with Gasteiger partial charge < -0.3 is 5.73 Å². The normalized spacial score (nSPS) is 22.3. The van der Waals surface area contributed by atoms with Gasteiger partial charge in [-0.2, -0.15) is 5.10 Å². The van der Waals surface area contributed by atoms with Crippen LogP contribution in [-0.2, 0) is 11.2 Å². The lowest BCUT2D eigenvalue weighted by Gasteiger charge is -2.10. The molecular weight excluding hydrogens is 226 g/mol. The van der Waals surface area contributed by atoms with Crippen molar-refractivity contribution >= 4 is 5.78 Å². The fourth-order valence-corrected chi connectivity index (χ4v) is 2.94. The van der Waals surface area contributed by atoms with E-state index in [2.05, 4.69) is 9.78 Å². The monoisotopic (exact) mass is 247 g/mol. The first-order valence-electron chi connectivity index (χ1n) is 7.01. The Morgan fingerprint density at radius 1 is 1.44 bits per heavy atom. The zero-order chi connectivity index (χ0) is 12.6. The maximum Gasteiger partial charge on any atom is 0.146 e. The molecule has 3 rings (SSSR count). The molecule has 0 aromatic carbocycles. The Labute approximate surface area is 108 Å². The van der Waals surface area contributed by atoms with E-state index in [1.165, 1.54) is 25.7 Å². The molecule has 2 aliphatic carbocycles. The molecule has 4 heteroatoms. The second kappa shape index (κ2) is 4.50. The summed E-state index contributed by atoms with van der Waals surface area (Å²) in [5.74, 6) is 0.279. The number of aromatic nitrogens is 2. The largest absolute Gasteiger partial charge is 0.329 e. The molecule has 0 radical (unpaired) electrons. The molecule has 98 valence electrons. The van der Waals surface area contributed by atoms with E-state index >= 15 is 0 Å². The molecule has 0 spiro atoms. The van der Waals surface area contributed by atoms with Crippen LogP contribution in [0.3, 0.4) is 0 Å². The second-order valence-corrected chi connectivity index (χ2v) is 5.81. The van der Waals surface area contributed by atoms with Gasteiger partial charge in [0.25, 0.3) is 0 Å². The number of carbonyl (C=O) groups is 1. The summed E-state index contributed by atoms with van der Waals surface area (Å²) in [6, 6.07) is 2.54. The van der Waals surface area contributed by atoms with Crippen molar-refractivity contribution in [1.29, 1.82) is 0 Å². The maximum atomic E-state index is 12.1. The van der Waals surface area contributed by atoms with E-state index in [1.807, 2.05) is 12.3 Å². The minimum atomic E-state index is -0.197. The van der Waals surface area contributed by atoms with Crippen LogP contribution < -0.4 is 5.73 Å². The van der Waals surface area contributed by atoms with Crippen LogP contribution in [0.15, 0.2) is 12.3 Å². The van der Waals surface area contributed by atoms with Crippen molar-refractivity contribution in [1.82, 2.24) is 9.78 Å².